The molecule has 0 radical (unpaired) electrons. The lowest BCUT2D eigenvalue weighted by atomic mass is 9.89. The number of urea groups is 1. The van der Waals surface area contributed by atoms with Crippen LogP contribution in [0.5, 0.6) is 0 Å². The Kier molecular flexibility index (Phi) is 4.17. The lowest BCUT2D eigenvalue weighted by molar-refractivity contribution is -0.130. The third-order valence-electron chi connectivity index (χ3n) is 6.95. The van der Waals surface area contributed by atoms with E-state index in [0.29, 0.717) is 11.6 Å². The highest BCUT2D eigenvalue weighted by atomic mass is 16.2. The Bertz CT molecular complexity index is 1100. The number of nitrogens with zero attached hydrogens (tertiary/aromatic N) is 2. The van der Waals surface area contributed by atoms with Crippen LogP contribution in [0.4, 0.5) is 4.79 Å². The molecule has 30 heavy (non-hydrogen) atoms. The number of ketones is 1. The molecule has 1 saturated carbocycles. The number of imide groups is 1. The molecule has 3 aliphatic rings. The highest BCUT2D eigenvalue weighted by Crippen LogP contribution is 2.38. The number of fused-ring (bicyclic) bond motifs is 1. The third kappa shape index (κ3) is 2.81. The summed E-state index contributed by atoms with van der Waals surface area (Å²) in [7, 11) is 0. The lowest BCUT2D eigenvalue weighted by Crippen LogP contribution is -2.41. The fraction of sp³-hybridized carbons (Fsp3) is 0.458. The summed E-state index contributed by atoms with van der Waals surface area (Å²) in [5, 5.41) is 2.83. The van der Waals surface area contributed by atoms with Crippen molar-refractivity contribution >= 4 is 17.7 Å². The zero-order chi connectivity index (χ0) is 21.2. The molecule has 6 heteroatoms. The molecule has 6 nitrogen and oxygen atoms in total. The summed E-state index contributed by atoms with van der Waals surface area (Å²) < 4.78 is 2.20. The van der Waals surface area contributed by atoms with Crippen molar-refractivity contribution in [3.63, 3.8) is 0 Å². The molecular weight excluding hydrogens is 378 g/mol. The molecule has 0 bridgehead atoms. The van der Waals surface area contributed by atoms with Gasteiger partial charge in [-0.2, -0.15) is 0 Å². The molecule has 2 aliphatic carbocycles. The zero-order valence-corrected chi connectivity index (χ0v) is 17.7. The maximum atomic E-state index is 13.3. The molecule has 2 heterocycles. The summed E-state index contributed by atoms with van der Waals surface area (Å²) in [5.41, 5.74) is 4.79. The van der Waals surface area contributed by atoms with Crippen molar-refractivity contribution in [2.45, 2.75) is 64.5 Å². The number of nitrogens with one attached hydrogen (secondary N) is 1. The van der Waals surface area contributed by atoms with E-state index in [-0.39, 0.29) is 18.2 Å². The van der Waals surface area contributed by atoms with Crippen molar-refractivity contribution in [2.75, 3.05) is 6.54 Å². The minimum atomic E-state index is -1.14. The molecular formula is C24H27N3O3. The molecule has 1 aliphatic heterocycles. The maximum absolute atomic E-state index is 13.3. The van der Waals surface area contributed by atoms with Gasteiger partial charge in [-0.15, -0.1) is 0 Å². The highest BCUT2D eigenvalue weighted by Gasteiger charge is 2.49. The summed E-state index contributed by atoms with van der Waals surface area (Å²) in [6.07, 6.45) is 5.45. The van der Waals surface area contributed by atoms with Crippen molar-refractivity contribution in [2.24, 2.45) is 0 Å². The van der Waals surface area contributed by atoms with Crippen LogP contribution in [0.25, 0.3) is 0 Å². The van der Waals surface area contributed by atoms with Crippen LogP contribution in [0.1, 0.15) is 70.7 Å². The van der Waals surface area contributed by atoms with Gasteiger partial charge in [0, 0.05) is 23.0 Å². The zero-order valence-electron chi connectivity index (χ0n) is 17.7. The minimum Gasteiger partial charge on any atom is -0.345 e. The van der Waals surface area contributed by atoms with Crippen LogP contribution in [-0.4, -0.2) is 33.7 Å². The largest absolute Gasteiger partial charge is 0.345 e. The van der Waals surface area contributed by atoms with Crippen molar-refractivity contribution in [1.82, 2.24) is 14.8 Å². The number of aryl methyl sites for hydroxylation is 3. The fourth-order valence-electron chi connectivity index (χ4n) is 5.10. The minimum absolute atomic E-state index is 0.197. The summed E-state index contributed by atoms with van der Waals surface area (Å²) in [6.45, 7) is 5.44. The molecule has 1 N–H and O–H groups in total. The van der Waals surface area contributed by atoms with E-state index >= 15 is 0 Å². The molecule has 1 atom stereocenters. The molecule has 3 amide bonds. The number of carbonyl (C=O) groups excluding carboxylic acids is 3. The molecule has 1 aromatic heterocycles. The van der Waals surface area contributed by atoms with Gasteiger partial charge in [0.25, 0.3) is 5.91 Å². The number of amides is 3. The summed E-state index contributed by atoms with van der Waals surface area (Å²) in [6, 6.07) is 7.88. The predicted molar refractivity (Wildman–Crippen MR) is 113 cm³/mol. The fourth-order valence-corrected chi connectivity index (χ4v) is 5.10. The predicted octanol–water partition coefficient (Wildman–Crippen LogP) is 3.58. The van der Waals surface area contributed by atoms with E-state index in [0.717, 1.165) is 54.0 Å². The Hall–Kier alpha value is -2.89. The van der Waals surface area contributed by atoms with Crippen LogP contribution >= 0.6 is 0 Å². The van der Waals surface area contributed by atoms with Crippen molar-refractivity contribution in [3.05, 3.63) is 57.9 Å². The first-order chi connectivity index (χ1) is 14.3. The van der Waals surface area contributed by atoms with Gasteiger partial charge in [0.1, 0.15) is 5.54 Å². The van der Waals surface area contributed by atoms with Crippen molar-refractivity contribution < 1.29 is 14.4 Å². The second-order valence-electron chi connectivity index (χ2n) is 9.09. The monoisotopic (exact) mass is 405 g/mol. The van der Waals surface area contributed by atoms with E-state index in [9.17, 15) is 14.4 Å². The Labute approximate surface area is 176 Å². The van der Waals surface area contributed by atoms with Gasteiger partial charge in [-0.05, 0) is 75.6 Å². The number of hydrogen-bond acceptors (Lipinski definition) is 3. The Morgan fingerprint density at radius 1 is 1.13 bits per heavy atom. The Morgan fingerprint density at radius 3 is 2.60 bits per heavy atom. The van der Waals surface area contributed by atoms with Crippen molar-refractivity contribution in [1.29, 1.82) is 0 Å². The summed E-state index contributed by atoms with van der Waals surface area (Å²) in [5.74, 6) is -0.563. The van der Waals surface area contributed by atoms with E-state index in [1.165, 1.54) is 11.1 Å². The molecule has 1 aromatic carbocycles. The third-order valence-corrected chi connectivity index (χ3v) is 6.95. The smallest absolute Gasteiger partial charge is 0.325 e. The second kappa shape index (κ2) is 6.56. The Morgan fingerprint density at radius 2 is 1.87 bits per heavy atom. The van der Waals surface area contributed by atoms with E-state index in [4.69, 9.17) is 0 Å². The van der Waals surface area contributed by atoms with E-state index in [2.05, 4.69) is 16.0 Å². The SMILES string of the molecule is Cc1cc(C(=O)CN2C(=O)N[C@@](C)(c3ccc4c(c3)CCC4)C2=O)c(C)n1C1CC1. The second-order valence-corrected chi connectivity index (χ2v) is 9.09. The summed E-state index contributed by atoms with van der Waals surface area (Å²) >= 11 is 0. The normalized spacial score (nSPS) is 23.1. The van der Waals surface area contributed by atoms with E-state index in [1.807, 2.05) is 32.0 Å². The maximum Gasteiger partial charge on any atom is 0.325 e. The van der Waals surface area contributed by atoms with Crippen LogP contribution in [0, 0.1) is 13.8 Å². The number of aromatic nitrogens is 1. The van der Waals surface area contributed by atoms with Crippen LogP contribution in [0.2, 0.25) is 0 Å². The molecule has 0 unspecified atom stereocenters. The van der Waals surface area contributed by atoms with Crippen LogP contribution < -0.4 is 5.32 Å². The Balaban J connectivity index is 1.40. The van der Waals surface area contributed by atoms with E-state index in [1.54, 1.807) is 6.92 Å². The van der Waals surface area contributed by atoms with E-state index < -0.39 is 11.6 Å². The number of carbonyl (C=O) groups is 3. The first-order valence-corrected chi connectivity index (χ1v) is 10.8. The standard InChI is InChI=1S/C24H27N3O3/c1-14-11-20(15(2)27(14)19-9-10-19)21(28)13-26-22(29)24(3,25-23(26)30)18-8-7-16-5-4-6-17(16)12-18/h7-8,11-12,19H,4-6,9-10,13H2,1-3H3,(H,25,30)/t24-/m0/s1. The average Bonchev–Trinajstić information content (AvgIpc) is 3.27. The first kappa shape index (κ1) is 19.1. The number of hydrogen-bond donors (Lipinski definition) is 1. The molecule has 5 rings (SSSR count). The molecule has 0 spiro atoms. The molecule has 156 valence electrons. The first-order valence-electron chi connectivity index (χ1n) is 10.8. The summed E-state index contributed by atoms with van der Waals surface area (Å²) in [4.78, 5) is 40.1. The van der Waals surface area contributed by atoms with Crippen LogP contribution in [-0.2, 0) is 23.2 Å². The molecule has 2 fully saturated rings. The van der Waals surface area contributed by atoms with Gasteiger partial charge in [-0.3, -0.25) is 14.5 Å². The quantitative estimate of drug-likeness (QED) is 0.611. The van der Waals surface area contributed by atoms with Gasteiger partial charge in [-0.1, -0.05) is 18.2 Å². The highest BCUT2D eigenvalue weighted by molar-refractivity contribution is 6.11. The van der Waals surface area contributed by atoms with Gasteiger partial charge in [0.05, 0.1) is 6.54 Å². The molecule has 2 aromatic rings. The van der Waals surface area contributed by atoms with Crippen molar-refractivity contribution in [3.8, 4) is 0 Å². The molecule has 1 saturated heterocycles. The van der Waals surface area contributed by atoms with Gasteiger partial charge in [-0.25, -0.2) is 4.79 Å². The van der Waals surface area contributed by atoms with Gasteiger partial charge in [0.2, 0.25) is 0 Å². The average molecular weight is 405 g/mol. The number of rotatable bonds is 5. The topological polar surface area (TPSA) is 71.4 Å². The number of benzene rings is 1. The van der Waals surface area contributed by atoms with Gasteiger partial charge >= 0.3 is 6.03 Å². The van der Waals surface area contributed by atoms with Gasteiger partial charge < -0.3 is 9.88 Å². The van der Waals surface area contributed by atoms with Gasteiger partial charge in [0.15, 0.2) is 5.78 Å². The number of Topliss-reactive ketones (excluding diaryl/α,β-unsaturated/α-hetero) is 1. The lowest BCUT2D eigenvalue weighted by Gasteiger charge is -2.23. The van der Waals surface area contributed by atoms with Crippen LogP contribution in [0.15, 0.2) is 24.3 Å². The van der Waals surface area contributed by atoms with Crippen LogP contribution in [0.3, 0.4) is 0 Å².